The van der Waals surface area contributed by atoms with Gasteiger partial charge in [-0.15, -0.1) is 0 Å². The van der Waals surface area contributed by atoms with Crippen LogP contribution in [0.5, 0.6) is 5.75 Å². The lowest BCUT2D eigenvalue weighted by atomic mass is 9.50. The maximum atomic E-state index is 12.2. The van der Waals surface area contributed by atoms with Gasteiger partial charge in [0, 0.05) is 20.0 Å². The van der Waals surface area contributed by atoms with Crippen molar-refractivity contribution in [2.24, 2.45) is 28.6 Å². The Balaban J connectivity index is 1.08. The molecule has 0 aliphatic heterocycles. The molecule has 3 saturated carbocycles. The highest BCUT2D eigenvalue weighted by Crippen LogP contribution is 2.76. The number of phenolic OH excluding ortho intramolecular Hbond substituents is 1. The van der Waals surface area contributed by atoms with Crippen LogP contribution in [0.2, 0.25) is 0 Å². The molecule has 5 rings (SSSR count). The van der Waals surface area contributed by atoms with Crippen molar-refractivity contribution < 1.29 is 15.0 Å². The molecule has 0 heterocycles. The quantitative estimate of drug-likeness (QED) is 0.227. The summed E-state index contributed by atoms with van der Waals surface area (Å²) >= 11 is 0. The number of aliphatic hydroxyl groups excluding tert-OH is 1. The number of rotatable bonds is 14. The molecule has 4 heteroatoms. The van der Waals surface area contributed by atoms with Crippen LogP contribution >= 0.6 is 0 Å². The van der Waals surface area contributed by atoms with E-state index in [1.807, 2.05) is 24.1 Å². The third-order valence-corrected chi connectivity index (χ3v) is 12.4. The van der Waals surface area contributed by atoms with Crippen molar-refractivity contribution in [3.8, 4) is 5.75 Å². The van der Waals surface area contributed by atoms with Crippen LogP contribution in [0.15, 0.2) is 18.2 Å². The molecule has 1 aromatic rings. The van der Waals surface area contributed by atoms with Gasteiger partial charge in [0.25, 0.3) is 0 Å². The maximum Gasteiger partial charge on any atom is 0.222 e. The van der Waals surface area contributed by atoms with Gasteiger partial charge in [-0.25, -0.2) is 0 Å². The molecule has 0 saturated heterocycles. The highest BCUT2D eigenvalue weighted by molar-refractivity contribution is 5.75. The number of aliphatic hydroxyl groups is 1. The van der Waals surface area contributed by atoms with Crippen LogP contribution in [-0.2, 0) is 4.79 Å². The van der Waals surface area contributed by atoms with E-state index < -0.39 is 6.10 Å². The summed E-state index contributed by atoms with van der Waals surface area (Å²) in [6.45, 7) is 5.68. The largest absolute Gasteiger partial charge is 0.508 e. The zero-order chi connectivity index (χ0) is 28.3. The minimum Gasteiger partial charge on any atom is -0.508 e. The molecular weight excluding hydrogens is 494 g/mol. The topological polar surface area (TPSA) is 60.8 Å². The van der Waals surface area contributed by atoms with E-state index in [0.29, 0.717) is 46.7 Å². The van der Waals surface area contributed by atoms with Crippen LogP contribution in [0.3, 0.4) is 0 Å². The second kappa shape index (κ2) is 12.8. The normalized spacial score (nSPS) is 31.4. The summed E-state index contributed by atoms with van der Waals surface area (Å²) in [7, 11) is 1.94. The highest BCUT2D eigenvalue weighted by Gasteiger charge is 2.67. The van der Waals surface area contributed by atoms with Gasteiger partial charge in [-0.3, -0.25) is 4.79 Å². The van der Waals surface area contributed by atoms with E-state index in [0.717, 1.165) is 43.7 Å². The van der Waals surface area contributed by atoms with Crippen LogP contribution in [0.4, 0.5) is 0 Å². The number of carbonyl (C=O) groups excluding carboxylic acids is 1. The van der Waals surface area contributed by atoms with Gasteiger partial charge in [0.05, 0.1) is 6.10 Å². The molecule has 4 nitrogen and oxygen atoms in total. The molecule has 0 aromatic heterocycles. The van der Waals surface area contributed by atoms with Gasteiger partial charge in [0.1, 0.15) is 5.75 Å². The lowest BCUT2D eigenvalue weighted by molar-refractivity contribution is -0.130. The fourth-order valence-corrected chi connectivity index (χ4v) is 9.73. The molecule has 0 bridgehead atoms. The van der Waals surface area contributed by atoms with E-state index in [-0.39, 0.29) is 0 Å². The van der Waals surface area contributed by atoms with Gasteiger partial charge in [-0.1, -0.05) is 71.3 Å². The lowest BCUT2D eigenvalue weighted by Gasteiger charge is -2.55. The molecule has 4 aliphatic carbocycles. The summed E-state index contributed by atoms with van der Waals surface area (Å²) in [4.78, 5) is 14.1. The van der Waals surface area contributed by atoms with Crippen molar-refractivity contribution in [2.45, 2.75) is 141 Å². The van der Waals surface area contributed by atoms with Crippen LogP contribution < -0.4 is 0 Å². The minimum atomic E-state index is -0.440. The van der Waals surface area contributed by atoms with Crippen molar-refractivity contribution in [1.82, 2.24) is 4.90 Å². The summed E-state index contributed by atoms with van der Waals surface area (Å²) < 4.78 is 0. The van der Waals surface area contributed by atoms with Crippen molar-refractivity contribution in [3.05, 3.63) is 29.3 Å². The predicted octanol–water partition coefficient (Wildman–Crippen LogP) is 8.91. The number of phenols is 1. The number of carbonyl (C=O) groups is 1. The first-order valence-corrected chi connectivity index (χ1v) is 17.1. The Kier molecular flexibility index (Phi) is 9.54. The number of nitrogens with zero attached hydrogens (tertiary/aromatic N) is 1. The summed E-state index contributed by atoms with van der Waals surface area (Å²) in [5.41, 5.74) is 3.44. The number of hydrogen-bond donors (Lipinski definition) is 2. The molecule has 2 N–H and O–H groups in total. The second-order valence-electron chi connectivity index (χ2n) is 14.5. The number of unbranched alkanes of at least 4 members (excludes halogenated alkanes) is 8. The third-order valence-electron chi connectivity index (χ3n) is 12.4. The first-order valence-electron chi connectivity index (χ1n) is 17.1. The molecule has 3 fully saturated rings. The van der Waals surface area contributed by atoms with Crippen molar-refractivity contribution in [1.29, 1.82) is 0 Å². The molecule has 4 aliphatic rings. The van der Waals surface area contributed by atoms with Gasteiger partial charge in [-0.05, 0) is 116 Å². The van der Waals surface area contributed by atoms with Crippen molar-refractivity contribution in [3.63, 3.8) is 0 Å². The summed E-state index contributed by atoms with van der Waals surface area (Å²) in [5, 5.41) is 22.0. The van der Waals surface area contributed by atoms with Crippen LogP contribution in [-0.4, -0.2) is 34.6 Å². The SMILES string of the molecule is CCCCN(C)C(=O)CCCCCCCCCC[C@H]1C2C(CC[C@@]3(C)C2CCC32CC2)c2ccc(O)cc2[C@H]1O. The summed E-state index contributed by atoms with van der Waals surface area (Å²) in [5.74, 6) is 2.81. The Morgan fingerprint density at radius 1 is 0.925 bits per heavy atom. The molecule has 3 unspecified atom stereocenters. The van der Waals surface area contributed by atoms with E-state index in [1.54, 1.807) is 0 Å². The first-order chi connectivity index (χ1) is 19.3. The molecule has 1 spiro atoms. The van der Waals surface area contributed by atoms with Crippen LogP contribution in [0, 0.1) is 28.6 Å². The average molecular weight is 552 g/mol. The Labute approximate surface area is 244 Å². The monoisotopic (exact) mass is 551 g/mol. The average Bonchev–Trinajstić information content (AvgIpc) is 3.69. The van der Waals surface area contributed by atoms with Crippen LogP contribution in [0.1, 0.15) is 153 Å². The van der Waals surface area contributed by atoms with Gasteiger partial charge < -0.3 is 15.1 Å². The Morgan fingerprint density at radius 2 is 1.62 bits per heavy atom. The summed E-state index contributed by atoms with van der Waals surface area (Å²) in [6, 6.07) is 5.84. The van der Waals surface area contributed by atoms with E-state index in [9.17, 15) is 15.0 Å². The van der Waals surface area contributed by atoms with E-state index in [4.69, 9.17) is 0 Å². The number of hydrogen-bond acceptors (Lipinski definition) is 3. The Bertz CT molecular complexity index is 1000. The number of amides is 1. The van der Waals surface area contributed by atoms with Crippen LogP contribution in [0.25, 0.3) is 0 Å². The standard InChI is InChI=1S/C36H57NO3/c1-4-5-24-37(3)32(39)15-13-11-9-7-6-8-10-12-14-29-33-28(27-17-16-26(38)25-30(27)34(29)40)18-20-35(2)31(33)19-21-36(35)22-23-36/h16-17,25,28-29,31,33-34,38,40H,4-15,18-24H2,1-3H3/t28?,29-,31?,33?,34-,35-/m0/s1. The highest BCUT2D eigenvalue weighted by atomic mass is 16.3. The van der Waals surface area contributed by atoms with Gasteiger partial charge >= 0.3 is 0 Å². The summed E-state index contributed by atoms with van der Waals surface area (Å²) in [6.07, 6.45) is 21.5. The van der Waals surface area contributed by atoms with E-state index in [1.165, 1.54) is 89.0 Å². The van der Waals surface area contributed by atoms with E-state index >= 15 is 0 Å². The smallest absolute Gasteiger partial charge is 0.222 e. The molecule has 40 heavy (non-hydrogen) atoms. The van der Waals surface area contributed by atoms with Gasteiger partial charge in [0.2, 0.25) is 5.91 Å². The molecule has 0 radical (unpaired) electrons. The van der Waals surface area contributed by atoms with Gasteiger partial charge in [-0.2, -0.15) is 0 Å². The van der Waals surface area contributed by atoms with E-state index in [2.05, 4.69) is 19.9 Å². The fourth-order valence-electron chi connectivity index (χ4n) is 9.73. The molecule has 1 amide bonds. The molecule has 224 valence electrons. The predicted molar refractivity (Wildman–Crippen MR) is 163 cm³/mol. The fraction of sp³-hybridized carbons (Fsp3) is 0.806. The zero-order valence-electron chi connectivity index (χ0n) is 25.8. The molecule has 6 atom stereocenters. The zero-order valence-corrected chi connectivity index (χ0v) is 25.8. The Hall–Kier alpha value is -1.55. The Morgan fingerprint density at radius 3 is 2.33 bits per heavy atom. The molecule has 1 aromatic carbocycles. The molecular formula is C36H57NO3. The third kappa shape index (κ3) is 5.86. The second-order valence-corrected chi connectivity index (χ2v) is 14.5. The van der Waals surface area contributed by atoms with Gasteiger partial charge in [0.15, 0.2) is 0 Å². The maximum absolute atomic E-state index is 12.2. The number of benzene rings is 1. The number of aromatic hydroxyl groups is 1. The van der Waals surface area contributed by atoms with Crippen molar-refractivity contribution in [2.75, 3.05) is 13.6 Å². The first kappa shape index (κ1) is 29.9. The lowest BCUT2D eigenvalue weighted by Crippen LogP contribution is -2.47. The van der Waals surface area contributed by atoms with Crippen molar-refractivity contribution >= 4 is 5.91 Å². The minimum absolute atomic E-state index is 0.293. The number of fused-ring (bicyclic) bond motifs is 6.